The number of fused-ring (bicyclic) bond motifs is 11. The Morgan fingerprint density at radius 1 is 0.310 bits per heavy atom. The quantitative estimate of drug-likeness (QED) is 0.138. The predicted octanol–water partition coefficient (Wildman–Crippen LogP) is 18.3. The summed E-state index contributed by atoms with van der Waals surface area (Å²) in [6.45, 7) is 0. The minimum Gasteiger partial charge on any atom is -0.310 e. The molecule has 0 saturated carbocycles. The van der Waals surface area contributed by atoms with E-state index < -0.39 is 5.41 Å². The highest BCUT2D eigenvalue weighted by molar-refractivity contribution is 6.32. The molecule has 1 heterocycles. The van der Waals surface area contributed by atoms with Crippen LogP contribution in [0.15, 0.2) is 279 Å². The monoisotopic (exact) mass is 902 g/mol. The predicted molar refractivity (Wildman–Crippen MR) is 299 cm³/mol. The van der Waals surface area contributed by atoms with E-state index in [2.05, 4.69) is 289 Å². The second kappa shape index (κ2) is 16.5. The van der Waals surface area contributed by atoms with Crippen LogP contribution < -0.4 is 4.90 Å². The first-order chi connectivity index (χ1) is 35.3. The van der Waals surface area contributed by atoms with Crippen molar-refractivity contribution in [3.8, 4) is 39.1 Å². The molecule has 0 N–H and O–H groups in total. The van der Waals surface area contributed by atoms with Gasteiger partial charge in [-0.15, -0.1) is 0 Å². The average molecular weight is 903 g/mol. The van der Waals surface area contributed by atoms with Gasteiger partial charge in [-0.1, -0.05) is 231 Å². The summed E-state index contributed by atoms with van der Waals surface area (Å²) in [6.07, 6.45) is 0. The van der Waals surface area contributed by atoms with Crippen LogP contribution in [0.4, 0.5) is 17.1 Å². The lowest BCUT2D eigenvalue weighted by Crippen LogP contribution is -2.28. The number of anilines is 3. The zero-order valence-corrected chi connectivity index (χ0v) is 39.0. The first-order valence-corrected chi connectivity index (χ1v) is 24.6. The second-order valence-corrected chi connectivity index (χ2v) is 18.7. The lowest BCUT2D eigenvalue weighted by Gasteiger charge is -2.33. The molecule has 0 saturated heterocycles. The number of aromatic nitrogens is 1. The Morgan fingerprint density at radius 3 is 1.46 bits per heavy atom. The zero-order chi connectivity index (χ0) is 46.9. The summed E-state index contributed by atoms with van der Waals surface area (Å²) in [5.41, 5.74) is 18.8. The third-order valence-corrected chi connectivity index (χ3v) is 15.0. The van der Waals surface area contributed by atoms with Gasteiger partial charge in [0.25, 0.3) is 0 Å². The molecule has 71 heavy (non-hydrogen) atoms. The fourth-order valence-corrected chi connectivity index (χ4v) is 12.0. The Hall–Kier alpha value is -9.24. The molecule has 0 unspecified atom stereocenters. The molecular weight excluding hydrogens is 857 g/mol. The maximum atomic E-state index is 2.56. The van der Waals surface area contributed by atoms with E-state index in [0.717, 1.165) is 28.3 Å². The van der Waals surface area contributed by atoms with Gasteiger partial charge in [-0.25, -0.2) is 0 Å². The summed E-state index contributed by atoms with van der Waals surface area (Å²) in [5.74, 6) is 0. The minimum absolute atomic E-state index is 0.474. The molecular formula is C69H46N2. The average Bonchev–Trinajstić information content (AvgIpc) is 3.96. The van der Waals surface area contributed by atoms with E-state index in [4.69, 9.17) is 0 Å². The van der Waals surface area contributed by atoms with E-state index in [1.165, 1.54) is 93.4 Å². The summed E-state index contributed by atoms with van der Waals surface area (Å²) >= 11 is 0. The van der Waals surface area contributed by atoms with Crippen molar-refractivity contribution in [1.29, 1.82) is 0 Å². The van der Waals surface area contributed by atoms with E-state index in [1.807, 2.05) is 0 Å². The van der Waals surface area contributed by atoms with Gasteiger partial charge >= 0.3 is 0 Å². The Kier molecular flexibility index (Phi) is 9.47. The SMILES string of the molecule is c1ccc(N(c2ccccc2)c2ccccc2-c2ccc(-c3ccc4c5c6ccccc6c6ccccc6c5n(-c5ccc6c(c5)-c5ccccc5C6(c5ccccc5)c5ccccc5)c4c3)cc2)cc1. The standard InChI is InChI=1S/C69H46N2/c1-5-21-50(22-6-1)69(51-23-7-2-8-24-51)63-35-19-17-32-58(63)62-46-54(42-44-64(62)69)71-66-45-49(41-43-61(66)67-59-33-15-13-30-56(59)57-31-14-16-34-60(57)68(67)71)47-37-39-48(40-38-47)55-29-18-20-36-65(55)70(52-25-9-3-10-26-52)53-27-11-4-12-28-53/h1-46H. The van der Waals surface area contributed by atoms with Crippen molar-refractivity contribution >= 4 is 60.4 Å². The van der Waals surface area contributed by atoms with Crippen molar-refractivity contribution in [2.75, 3.05) is 4.90 Å². The fraction of sp³-hybridized carbons (Fsp3) is 0.0145. The van der Waals surface area contributed by atoms with Gasteiger partial charge in [0.05, 0.1) is 22.1 Å². The third-order valence-electron chi connectivity index (χ3n) is 15.0. The Labute approximate surface area is 413 Å². The van der Waals surface area contributed by atoms with E-state index in [9.17, 15) is 0 Å². The first-order valence-electron chi connectivity index (χ1n) is 24.6. The summed E-state index contributed by atoms with van der Waals surface area (Å²) in [7, 11) is 0. The Bertz CT molecular complexity index is 4060. The van der Waals surface area contributed by atoms with Crippen LogP contribution in [0.5, 0.6) is 0 Å². The van der Waals surface area contributed by atoms with Gasteiger partial charge in [-0.2, -0.15) is 0 Å². The minimum atomic E-state index is -0.474. The van der Waals surface area contributed by atoms with Crippen molar-refractivity contribution < 1.29 is 0 Å². The van der Waals surface area contributed by atoms with E-state index in [-0.39, 0.29) is 0 Å². The smallest absolute Gasteiger partial charge is 0.0713 e. The van der Waals surface area contributed by atoms with Crippen molar-refractivity contribution in [3.05, 3.63) is 301 Å². The largest absolute Gasteiger partial charge is 0.310 e. The molecule has 332 valence electrons. The molecule has 0 aliphatic heterocycles. The summed E-state index contributed by atoms with van der Waals surface area (Å²) in [4.78, 5) is 2.35. The summed E-state index contributed by atoms with van der Waals surface area (Å²) in [5, 5.41) is 7.55. The zero-order valence-electron chi connectivity index (χ0n) is 39.0. The number of hydrogen-bond acceptors (Lipinski definition) is 1. The number of rotatable bonds is 8. The Balaban J connectivity index is 0.975. The van der Waals surface area contributed by atoms with Gasteiger partial charge in [-0.05, 0) is 115 Å². The van der Waals surface area contributed by atoms with Crippen LogP contribution in [-0.4, -0.2) is 4.57 Å². The molecule has 0 spiro atoms. The van der Waals surface area contributed by atoms with E-state index in [1.54, 1.807) is 0 Å². The topological polar surface area (TPSA) is 8.17 Å². The van der Waals surface area contributed by atoms with Crippen LogP contribution in [-0.2, 0) is 5.41 Å². The molecule has 0 atom stereocenters. The lowest BCUT2D eigenvalue weighted by molar-refractivity contribution is 0.768. The molecule has 2 nitrogen and oxygen atoms in total. The van der Waals surface area contributed by atoms with Gasteiger partial charge in [0, 0.05) is 38.8 Å². The van der Waals surface area contributed by atoms with Gasteiger partial charge in [-0.3, -0.25) is 0 Å². The van der Waals surface area contributed by atoms with Crippen molar-refractivity contribution in [3.63, 3.8) is 0 Å². The first kappa shape index (κ1) is 40.8. The highest BCUT2D eigenvalue weighted by Gasteiger charge is 2.46. The summed E-state index contributed by atoms with van der Waals surface area (Å²) < 4.78 is 2.56. The normalized spacial score (nSPS) is 12.6. The highest BCUT2D eigenvalue weighted by Crippen LogP contribution is 2.57. The van der Waals surface area contributed by atoms with Crippen LogP contribution >= 0.6 is 0 Å². The van der Waals surface area contributed by atoms with Crippen LogP contribution in [0, 0.1) is 0 Å². The maximum absolute atomic E-state index is 2.56. The van der Waals surface area contributed by atoms with Crippen molar-refractivity contribution in [2.45, 2.75) is 5.41 Å². The Morgan fingerprint density at radius 2 is 0.803 bits per heavy atom. The number of nitrogens with zero attached hydrogens (tertiary/aromatic N) is 2. The van der Waals surface area contributed by atoms with Crippen molar-refractivity contribution in [2.24, 2.45) is 0 Å². The fourth-order valence-electron chi connectivity index (χ4n) is 12.0. The third kappa shape index (κ3) is 6.28. The molecule has 0 bridgehead atoms. The number of benzene rings is 12. The van der Waals surface area contributed by atoms with Crippen molar-refractivity contribution in [1.82, 2.24) is 4.57 Å². The van der Waals surface area contributed by atoms with Gasteiger partial charge < -0.3 is 9.47 Å². The van der Waals surface area contributed by atoms with E-state index >= 15 is 0 Å². The molecule has 0 amide bonds. The molecule has 1 aromatic heterocycles. The molecule has 2 heteroatoms. The van der Waals surface area contributed by atoms with Gasteiger partial charge in [0.2, 0.25) is 0 Å². The van der Waals surface area contributed by atoms with Crippen LogP contribution in [0.1, 0.15) is 22.3 Å². The lowest BCUT2D eigenvalue weighted by atomic mass is 9.68. The molecule has 0 fully saturated rings. The molecule has 1 aliphatic carbocycles. The summed E-state index contributed by atoms with van der Waals surface area (Å²) in [6, 6.07) is 103. The molecule has 12 aromatic carbocycles. The van der Waals surface area contributed by atoms with E-state index in [0.29, 0.717) is 0 Å². The van der Waals surface area contributed by atoms with Crippen LogP contribution in [0.25, 0.3) is 82.4 Å². The molecule has 13 aromatic rings. The number of para-hydroxylation sites is 3. The maximum Gasteiger partial charge on any atom is 0.0713 e. The molecule has 14 rings (SSSR count). The highest BCUT2D eigenvalue weighted by atomic mass is 15.1. The van der Waals surface area contributed by atoms with Gasteiger partial charge in [0.15, 0.2) is 0 Å². The van der Waals surface area contributed by atoms with Crippen LogP contribution in [0.3, 0.4) is 0 Å². The van der Waals surface area contributed by atoms with Crippen LogP contribution in [0.2, 0.25) is 0 Å². The second-order valence-electron chi connectivity index (χ2n) is 18.7. The molecule has 1 aliphatic rings. The molecule has 0 radical (unpaired) electrons. The number of hydrogen-bond donors (Lipinski definition) is 0. The van der Waals surface area contributed by atoms with Gasteiger partial charge in [0.1, 0.15) is 0 Å².